The van der Waals surface area contributed by atoms with Crippen LogP contribution in [0, 0.1) is 0 Å². The number of H-pyrrole nitrogens is 1. The van der Waals surface area contributed by atoms with Crippen molar-refractivity contribution in [2.45, 2.75) is 25.4 Å². The summed E-state index contributed by atoms with van der Waals surface area (Å²) in [6.45, 7) is 0.488. The maximum absolute atomic E-state index is 12.6. The summed E-state index contributed by atoms with van der Waals surface area (Å²) in [6, 6.07) is 1.11. The Balaban J connectivity index is 1.76. The van der Waals surface area contributed by atoms with Crippen LogP contribution in [0.15, 0.2) is 12.4 Å². The number of rotatable bonds is 4. The minimum atomic E-state index is -0.666. The maximum Gasteiger partial charge on any atom is 0.289 e. The van der Waals surface area contributed by atoms with E-state index >= 15 is 0 Å². The lowest BCUT2D eigenvalue weighted by atomic mass is 10.2. The number of aromatic nitrogens is 5. The Kier molecular flexibility index (Phi) is 4.06. The molecule has 0 saturated heterocycles. The fourth-order valence-electron chi connectivity index (χ4n) is 2.53. The Labute approximate surface area is 131 Å². The summed E-state index contributed by atoms with van der Waals surface area (Å²) in [6.07, 6.45) is 2.08. The van der Waals surface area contributed by atoms with Gasteiger partial charge in [0.05, 0.1) is 5.69 Å². The van der Waals surface area contributed by atoms with Crippen LogP contribution >= 0.6 is 0 Å². The molecule has 0 aromatic carbocycles. The van der Waals surface area contributed by atoms with Crippen molar-refractivity contribution in [2.24, 2.45) is 0 Å². The SMILES string of the molecule is CN1C(=O)[C@H](NC(=O)c2ncn[nH]2)CCn2nc(CCO)cc21. The first-order valence-corrected chi connectivity index (χ1v) is 7.21. The van der Waals surface area contributed by atoms with E-state index in [1.165, 1.54) is 11.2 Å². The Morgan fingerprint density at radius 1 is 1.57 bits per heavy atom. The summed E-state index contributed by atoms with van der Waals surface area (Å²) in [5.41, 5.74) is 0.728. The molecule has 3 N–H and O–H groups in total. The molecule has 2 aromatic heterocycles. The molecule has 3 rings (SSSR count). The molecule has 23 heavy (non-hydrogen) atoms. The third kappa shape index (κ3) is 2.93. The zero-order valence-electron chi connectivity index (χ0n) is 12.6. The number of anilines is 1. The van der Waals surface area contributed by atoms with E-state index in [4.69, 9.17) is 5.11 Å². The summed E-state index contributed by atoms with van der Waals surface area (Å²) < 4.78 is 1.71. The van der Waals surface area contributed by atoms with E-state index in [2.05, 4.69) is 25.6 Å². The minimum Gasteiger partial charge on any atom is -0.396 e. The Morgan fingerprint density at radius 2 is 2.39 bits per heavy atom. The highest BCUT2D eigenvalue weighted by atomic mass is 16.3. The highest BCUT2D eigenvalue weighted by Crippen LogP contribution is 2.21. The van der Waals surface area contributed by atoms with Crippen LogP contribution < -0.4 is 10.2 Å². The number of aliphatic hydroxyl groups is 1. The topological polar surface area (TPSA) is 129 Å². The molecule has 2 amide bonds. The number of likely N-dealkylation sites (N-methyl/N-ethyl adjacent to an activating group) is 1. The molecule has 1 aliphatic rings. The van der Waals surface area contributed by atoms with Gasteiger partial charge in [0.2, 0.25) is 5.82 Å². The Morgan fingerprint density at radius 3 is 3.09 bits per heavy atom. The number of hydrogen-bond acceptors (Lipinski definition) is 6. The van der Waals surface area contributed by atoms with Crippen molar-refractivity contribution in [3.05, 3.63) is 23.9 Å². The molecule has 2 aromatic rings. The van der Waals surface area contributed by atoms with Crippen LogP contribution in [0.25, 0.3) is 0 Å². The molecule has 3 heterocycles. The lowest BCUT2D eigenvalue weighted by Crippen LogP contribution is -2.47. The summed E-state index contributed by atoms with van der Waals surface area (Å²) in [5.74, 6) is 0.00403. The second-order valence-electron chi connectivity index (χ2n) is 5.24. The van der Waals surface area contributed by atoms with Crippen molar-refractivity contribution in [3.63, 3.8) is 0 Å². The Bertz CT molecular complexity index is 709. The van der Waals surface area contributed by atoms with Crippen LogP contribution in [0.5, 0.6) is 0 Å². The lowest BCUT2D eigenvalue weighted by Gasteiger charge is -2.20. The van der Waals surface area contributed by atoms with E-state index in [1.807, 2.05) is 0 Å². The highest BCUT2D eigenvalue weighted by Gasteiger charge is 2.31. The minimum absolute atomic E-state index is 0.00395. The second-order valence-corrected chi connectivity index (χ2v) is 5.24. The van der Waals surface area contributed by atoms with Crippen molar-refractivity contribution in [1.82, 2.24) is 30.3 Å². The lowest BCUT2D eigenvalue weighted by molar-refractivity contribution is -0.120. The number of aryl methyl sites for hydroxylation is 1. The predicted molar refractivity (Wildman–Crippen MR) is 78.7 cm³/mol. The van der Waals surface area contributed by atoms with Crippen molar-refractivity contribution in [1.29, 1.82) is 0 Å². The molecule has 0 fully saturated rings. The van der Waals surface area contributed by atoms with Gasteiger partial charge in [-0.05, 0) is 6.42 Å². The standard InChI is InChI=1S/C13H17N7O3/c1-19-10-6-8(3-5-21)18-20(10)4-2-9(13(19)23)16-12(22)11-14-7-15-17-11/h6-7,9,21H,2-5H2,1H3,(H,16,22)(H,14,15,17)/t9-/m1/s1. The number of fused-ring (bicyclic) bond motifs is 1. The van der Waals surface area contributed by atoms with Crippen LogP contribution in [0.1, 0.15) is 22.7 Å². The quantitative estimate of drug-likeness (QED) is 0.642. The molecule has 0 radical (unpaired) electrons. The summed E-state index contributed by atoms with van der Waals surface area (Å²) in [7, 11) is 1.64. The van der Waals surface area contributed by atoms with E-state index in [-0.39, 0.29) is 18.3 Å². The summed E-state index contributed by atoms with van der Waals surface area (Å²) in [4.78, 5) is 29.8. The van der Waals surface area contributed by atoms with Crippen molar-refractivity contribution < 1.29 is 14.7 Å². The first-order valence-electron chi connectivity index (χ1n) is 7.21. The average molecular weight is 319 g/mol. The largest absolute Gasteiger partial charge is 0.396 e. The number of carbonyl (C=O) groups is 2. The third-order valence-corrected chi connectivity index (χ3v) is 3.71. The zero-order valence-corrected chi connectivity index (χ0v) is 12.6. The summed E-state index contributed by atoms with van der Waals surface area (Å²) in [5, 5.41) is 22.1. The van der Waals surface area contributed by atoms with Gasteiger partial charge in [0, 0.05) is 32.7 Å². The number of aliphatic hydroxyl groups excluding tert-OH is 1. The smallest absolute Gasteiger partial charge is 0.289 e. The van der Waals surface area contributed by atoms with Crippen LogP contribution in [-0.4, -0.2) is 61.6 Å². The predicted octanol–water partition coefficient (Wildman–Crippen LogP) is -1.30. The van der Waals surface area contributed by atoms with E-state index < -0.39 is 11.9 Å². The van der Waals surface area contributed by atoms with Crippen molar-refractivity contribution in [3.8, 4) is 0 Å². The molecule has 122 valence electrons. The molecule has 1 aliphatic heterocycles. The molecule has 10 nitrogen and oxygen atoms in total. The Hall–Kier alpha value is -2.75. The van der Waals surface area contributed by atoms with Crippen molar-refractivity contribution in [2.75, 3.05) is 18.6 Å². The van der Waals surface area contributed by atoms with Gasteiger partial charge in [-0.15, -0.1) is 0 Å². The van der Waals surface area contributed by atoms with Gasteiger partial charge in [0.25, 0.3) is 11.8 Å². The molecule has 0 spiro atoms. The molecule has 0 unspecified atom stereocenters. The molecule has 0 saturated carbocycles. The molecule has 0 bridgehead atoms. The van der Waals surface area contributed by atoms with Gasteiger partial charge in [-0.25, -0.2) is 9.67 Å². The van der Waals surface area contributed by atoms with Gasteiger partial charge in [0.15, 0.2) is 0 Å². The fraction of sp³-hybridized carbons (Fsp3) is 0.462. The van der Waals surface area contributed by atoms with E-state index in [0.717, 1.165) is 5.69 Å². The van der Waals surface area contributed by atoms with Gasteiger partial charge in [-0.2, -0.15) is 10.2 Å². The van der Waals surface area contributed by atoms with E-state index in [9.17, 15) is 9.59 Å². The molecule has 10 heteroatoms. The number of nitrogens with zero attached hydrogens (tertiary/aromatic N) is 5. The van der Waals surface area contributed by atoms with Crippen LogP contribution in [0.2, 0.25) is 0 Å². The maximum atomic E-state index is 12.6. The monoisotopic (exact) mass is 319 g/mol. The van der Waals surface area contributed by atoms with E-state index in [1.54, 1.807) is 17.8 Å². The number of hydrogen-bond donors (Lipinski definition) is 3. The second kappa shape index (κ2) is 6.16. The zero-order chi connectivity index (χ0) is 16.4. The molecular weight excluding hydrogens is 302 g/mol. The van der Waals surface area contributed by atoms with Gasteiger partial charge in [0.1, 0.15) is 18.2 Å². The van der Waals surface area contributed by atoms with E-state index in [0.29, 0.717) is 25.2 Å². The van der Waals surface area contributed by atoms with Crippen LogP contribution in [-0.2, 0) is 17.8 Å². The first kappa shape index (κ1) is 15.2. The number of carbonyl (C=O) groups excluding carboxylic acids is 2. The van der Waals surface area contributed by atoms with Gasteiger partial charge in [-0.1, -0.05) is 0 Å². The van der Waals surface area contributed by atoms with Crippen LogP contribution in [0.4, 0.5) is 5.82 Å². The fourth-order valence-corrected chi connectivity index (χ4v) is 2.53. The van der Waals surface area contributed by atoms with Gasteiger partial charge < -0.3 is 10.4 Å². The number of aromatic amines is 1. The van der Waals surface area contributed by atoms with Gasteiger partial charge in [-0.3, -0.25) is 19.6 Å². The number of amides is 2. The summed E-state index contributed by atoms with van der Waals surface area (Å²) >= 11 is 0. The molecule has 1 atom stereocenters. The van der Waals surface area contributed by atoms with Crippen LogP contribution in [0.3, 0.4) is 0 Å². The first-order chi connectivity index (χ1) is 11.1. The van der Waals surface area contributed by atoms with Gasteiger partial charge >= 0.3 is 0 Å². The average Bonchev–Trinajstić information content (AvgIpc) is 3.18. The third-order valence-electron chi connectivity index (χ3n) is 3.71. The molecule has 0 aliphatic carbocycles. The number of nitrogens with one attached hydrogen (secondary N) is 2. The normalized spacial score (nSPS) is 17.7. The molecular formula is C13H17N7O3. The highest BCUT2D eigenvalue weighted by molar-refractivity contribution is 6.00. The van der Waals surface area contributed by atoms with Crippen molar-refractivity contribution >= 4 is 17.6 Å².